The van der Waals surface area contributed by atoms with Crippen LogP contribution < -0.4 is 5.56 Å². The van der Waals surface area contributed by atoms with Crippen molar-refractivity contribution in [3.63, 3.8) is 0 Å². The van der Waals surface area contributed by atoms with Crippen molar-refractivity contribution in [3.05, 3.63) is 67.0 Å². The first kappa shape index (κ1) is 14.6. The summed E-state index contributed by atoms with van der Waals surface area (Å²) in [6.45, 7) is 1.55. The van der Waals surface area contributed by atoms with E-state index in [1.807, 2.05) is 0 Å². The molecule has 0 unspecified atom stereocenters. The first-order chi connectivity index (χ1) is 9.38. The Bertz CT molecular complexity index is 738. The van der Waals surface area contributed by atoms with Gasteiger partial charge in [-0.2, -0.15) is 0 Å². The van der Waals surface area contributed by atoms with Crippen molar-refractivity contribution in [1.29, 1.82) is 0 Å². The molecule has 20 heavy (non-hydrogen) atoms. The molecular weight excluding hydrogens is 301 g/mol. The molecule has 2 rings (SSSR count). The van der Waals surface area contributed by atoms with Crippen LogP contribution in [0.25, 0.3) is 0 Å². The Morgan fingerprint density at radius 2 is 1.95 bits per heavy atom. The number of nitrogens with one attached hydrogen (secondary N) is 1. The maximum absolute atomic E-state index is 11.9. The fourth-order valence-electron chi connectivity index (χ4n) is 1.89. The summed E-state index contributed by atoms with van der Waals surface area (Å²) in [5.74, 6) is -1.08. The van der Waals surface area contributed by atoms with E-state index in [4.69, 9.17) is 28.3 Å². The maximum atomic E-state index is 11.9. The molecule has 1 heterocycles. The number of carbonyl (C=O) groups is 1. The summed E-state index contributed by atoms with van der Waals surface area (Å²) in [6, 6.07) is 6.34. The van der Waals surface area contributed by atoms with Gasteiger partial charge in [-0.1, -0.05) is 29.3 Å². The molecule has 0 saturated heterocycles. The van der Waals surface area contributed by atoms with Crippen molar-refractivity contribution in [2.75, 3.05) is 0 Å². The summed E-state index contributed by atoms with van der Waals surface area (Å²) in [6.07, 6.45) is 0.242. The van der Waals surface area contributed by atoms with Gasteiger partial charge in [0.05, 0.1) is 5.56 Å². The number of rotatable bonds is 3. The minimum absolute atomic E-state index is 0.0738. The Balaban J connectivity index is 2.46. The number of carboxylic acids is 1. The number of H-pyrrole nitrogens is 1. The number of aryl methyl sites for hydroxylation is 1. The van der Waals surface area contributed by atoms with Gasteiger partial charge in [0.1, 0.15) is 0 Å². The second kappa shape index (κ2) is 5.69. The van der Waals surface area contributed by atoms with E-state index in [1.165, 1.54) is 6.07 Å². The highest BCUT2D eigenvalue weighted by atomic mass is 35.5. The van der Waals surface area contributed by atoms with Crippen molar-refractivity contribution in [2.24, 2.45) is 0 Å². The minimum Gasteiger partial charge on any atom is -0.478 e. The molecule has 0 aliphatic carbocycles. The molecule has 104 valence electrons. The van der Waals surface area contributed by atoms with Gasteiger partial charge in [-0.15, -0.1) is 0 Å². The molecule has 0 atom stereocenters. The molecule has 1 aromatic heterocycles. The van der Waals surface area contributed by atoms with E-state index in [0.717, 1.165) is 0 Å². The highest BCUT2D eigenvalue weighted by Gasteiger charge is 2.13. The van der Waals surface area contributed by atoms with Crippen molar-refractivity contribution in [1.82, 2.24) is 4.98 Å². The van der Waals surface area contributed by atoms with Gasteiger partial charge in [0.2, 0.25) is 0 Å². The molecule has 4 nitrogen and oxygen atoms in total. The third-order valence-electron chi connectivity index (χ3n) is 2.94. The van der Waals surface area contributed by atoms with Crippen LogP contribution >= 0.6 is 23.2 Å². The van der Waals surface area contributed by atoms with Crippen LogP contribution in [-0.4, -0.2) is 16.1 Å². The predicted octanol–water partition coefficient (Wildman–Crippen LogP) is 3.28. The monoisotopic (exact) mass is 311 g/mol. The molecule has 0 bridgehead atoms. The van der Waals surface area contributed by atoms with Crippen LogP contribution in [0.15, 0.2) is 29.1 Å². The average Bonchev–Trinajstić information content (AvgIpc) is 2.35. The molecule has 0 aliphatic rings. The van der Waals surface area contributed by atoms with Gasteiger partial charge in [-0.3, -0.25) is 4.79 Å². The molecule has 2 N–H and O–H groups in total. The van der Waals surface area contributed by atoms with E-state index < -0.39 is 5.97 Å². The first-order valence-electron chi connectivity index (χ1n) is 5.78. The molecule has 0 radical (unpaired) electrons. The molecule has 0 aliphatic heterocycles. The zero-order valence-electron chi connectivity index (χ0n) is 10.5. The number of pyridine rings is 1. The highest BCUT2D eigenvalue weighted by molar-refractivity contribution is 6.35. The summed E-state index contributed by atoms with van der Waals surface area (Å²) >= 11 is 11.9. The molecule has 6 heteroatoms. The van der Waals surface area contributed by atoms with Gasteiger partial charge in [0.25, 0.3) is 5.56 Å². The van der Waals surface area contributed by atoms with Crippen LogP contribution in [0.5, 0.6) is 0 Å². The number of hydrogen-bond acceptors (Lipinski definition) is 2. The first-order valence-corrected chi connectivity index (χ1v) is 6.54. The maximum Gasteiger partial charge on any atom is 0.337 e. The molecular formula is C14H11Cl2NO3. The number of halogens is 2. The van der Waals surface area contributed by atoms with E-state index in [0.29, 0.717) is 26.9 Å². The number of carboxylic acid groups (broad SMARTS) is 1. The van der Waals surface area contributed by atoms with Gasteiger partial charge in [-0.25, -0.2) is 4.79 Å². The van der Waals surface area contributed by atoms with Gasteiger partial charge >= 0.3 is 5.97 Å². The summed E-state index contributed by atoms with van der Waals surface area (Å²) in [4.78, 5) is 25.5. The lowest BCUT2D eigenvalue weighted by molar-refractivity contribution is 0.0695. The van der Waals surface area contributed by atoms with Crippen LogP contribution in [0, 0.1) is 6.92 Å². The largest absolute Gasteiger partial charge is 0.478 e. The van der Waals surface area contributed by atoms with Crippen molar-refractivity contribution < 1.29 is 9.90 Å². The molecule has 0 amide bonds. The second-order valence-electron chi connectivity index (χ2n) is 4.38. The SMILES string of the molecule is Cc1[nH]c(=O)c(Cc2ccc(Cl)cc2Cl)cc1C(=O)O. The Kier molecular flexibility index (Phi) is 4.16. The Morgan fingerprint density at radius 1 is 1.25 bits per heavy atom. The van der Waals surface area contributed by atoms with E-state index in [1.54, 1.807) is 25.1 Å². The Labute approximate surface area is 125 Å². The van der Waals surface area contributed by atoms with Gasteiger partial charge in [-0.05, 0) is 30.7 Å². The minimum atomic E-state index is -1.08. The van der Waals surface area contributed by atoms with Crippen molar-refractivity contribution >= 4 is 29.2 Å². The topological polar surface area (TPSA) is 70.2 Å². The van der Waals surface area contributed by atoms with Crippen molar-refractivity contribution in [3.8, 4) is 0 Å². The fourth-order valence-corrected chi connectivity index (χ4v) is 2.36. The van der Waals surface area contributed by atoms with Gasteiger partial charge in [0, 0.05) is 27.7 Å². The van der Waals surface area contributed by atoms with Gasteiger partial charge in [0.15, 0.2) is 0 Å². The Morgan fingerprint density at radius 3 is 2.55 bits per heavy atom. The fraction of sp³-hybridized carbons (Fsp3) is 0.143. The summed E-state index contributed by atoms with van der Waals surface area (Å²) in [5, 5.41) is 10.0. The molecule has 1 aromatic carbocycles. The number of aromatic nitrogens is 1. The molecule has 0 saturated carbocycles. The lowest BCUT2D eigenvalue weighted by Gasteiger charge is -2.07. The van der Waals surface area contributed by atoms with E-state index in [-0.39, 0.29) is 17.5 Å². The summed E-state index contributed by atoms with van der Waals surface area (Å²) < 4.78 is 0. The van der Waals surface area contributed by atoms with Crippen molar-refractivity contribution in [2.45, 2.75) is 13.3 Å². The summed E-state index contributed by atoms with van der Waals surface area (Å²) in [7, 11) is 0. The summed E-state index contributed by atoms with van der Waals surface area (Å²) in [5.41, 5.74) is 1.13. The number of hydrogen-bond donors (Lipinski definition) is 2. The van der Waals surface area contributed by atoms with Gasteiger partial charge < -0.3 is 10.1 Å². The molecule has 2 aromatic rings. The van der Waals surface area contributed by atoms with Crippen LogP contribution in [0.1, 0.15) is 27.2 Å². The second-order valence-corrected chi connectivity index (χ2v) is 5.22. The lowest BCUT2D eigenvalue weighted by atomic mass is 10.0. The third kappa shape index (κ3) is 3.03. The third-order valence-corrected chi connectivity index (χ3v) is 3.53. The normalized spacial score (nSPS) is 10.6. The van der Waals surface area contributed by atoms with Crippen LogP contribution in [0.4, 0.5) is 0 Å². The lowest BCUT2D eigenvalue weighted by Crippen LogP contribution is -2.17. The van der Waals surface area contributed by atoms with E-state index in [2.05, 4.69) is 4.98 Å². The molecule has 0 spiro atoms. The van der Waals surface area contributed by atoms with E-state index >= 15 is 0 Å². The van der Waals surface area contributed by atoms with Crippen LogP contribution in [0.2, 0.25) is 10.0 Å². The standard InChI is InChI=1S/C14H11Cl2NO3/c1-7-11(14(19)20)5-9(13(18)17-7)4-8-2-3-10(15)6-12(8)16/h2-3,5-6H,4H2,1H3,(H,17,18)(H,19,20). The quantitative estimate of drug-likeness (QED) is 0.913. The van der Waals surface area contributed by atoms with Crippen LogP contribution in [-0.2, 0) is 6.42 Å². The Hall–Kier alpha value is -1.78. The zero-order valence-corrected chi connectivity index (χ0v) is 12.0. The smallest absolute Gasteiger partial charge is 0.337 e. The number of aromatic carboxylic acids is 1. The predicted molar refractivity (Wildman–Crippen MR) is 78.0 cm³/mol. The van der Waals surface area contributed by atoms with Crippen LogP contribution in [0.3, 0.4) is 0 Å². The molecule has 0 fully saturated rings. The zero-order chi connectivity index (χ0) is 14.9. The number of benzene rings is 1. The average molecular weight is 312 g/mol. The number of aromatic amines is 1. The highest BCUT2D eigenvalue weighted by Crippen LogP contribution is 2.23. The van der Waals surface area contributed by atoms with E-state index in [9.17, 15) is 9.59 Å².